The smallest absolute Gasteiger partial charge is 0.0419 e. The summed E-state index contributed by atoms with van der Waals surface area (Å²) in [7, 11) is 2.17. The van der Waals surface area contributed by atoms with Crippen molar-refractivity contribution in [3.05, 3.63) is 64.2 Å². The van der Waals surface area contributed by atoms with Crippen LogP contribution in [-0.4, -0.2) is 18.5 Å². The van der Waals surface area contributed by atoms with E-state index in [2.05, 4.69) is 54.5 Å². The normalized spacial score (nSPS) is 14.9. The molecule has 1 N–H and O–H groups in total. The minimum atomic E-state index is 0.334. The third-order valence-corrected chi connectivity index (χ3v) is 4.58. The van der Waals surface area contributed by atoms with E-state index in [0.717, 1.165) is 24.5 Å². The Morgan fingerprint density at radius 1 is 1.24 bits per heavy atom. The Balaban J connectivity index is 1.77. The highest BCUT2D eigenvalue weighted by molar-refractivity contribution is 6.30. The van der Waals surface area contributed by atoms with Crippen molar-refractivity contribution in [2.45, 2.75) is 25.9 Å². The maximum Gasteiger partial charge on any atom is 0.0419 e. The van der Waals surface area contributed by atoms with E-state index < -0.39 is 0 Å². The maximum atomic E-state index is 6.10. The Morgan fingerprint density at radius 3 is 2.86 bits per heavy atom. The van der Waals surface area contributed by atoms with Crippen LogP contribution in [0.4, 0.5) is 5.69 Å². The highest BCUT2D eigenvalue weighted by Gasteiger charge is 2.17. The van der Waals surface area contributed by atoms with E-state index in [4.69, 9.17) is 11.6 Å². The Kier molecular flexibility index (Phi) is 4.18. The zero-order valence-electron chi connectivity index (χ0n) is 12.6. The fourth-order valence-electron chi connectivity index (χ4n) is 2.97. The lowest BCUT2D eigenvalue weighted by Crippen LogP contribution is -2.22. The molecule has 0 fully saturated rings. The van der Waals surface area contributed by atoms with Crippen molar-refractivity contribution < 1.29 is 0 Å². The van der Waals surface area contributed by atoms with Crippen molar-refractivity contribution in [3.63, 3.8) is 0 Å². The molecule has 1 aliphatic rings. The number of fused-ring (bicyclic) bond motifs is 1. The van der Waals surface area contributed by atoms with Crippen LogP contribution in [0.5, 0.6) is 0 Å². The summed E-state index contributed by atoms with van der Waals surface area (Å²) >= 11 is 6.10. The molecule has 3 rings (SSSR count). The highest BCUT2D eigenvalue weighted by atomic mass is 35.5. The molecule has 21 heavy (non-hydrogen) atoms. The first kappa shape index (κ1) is 14.4. The molecule has 0 amide bonds. The number of nitrogens with one attached hydrogen (secondary N) is 1. The number of para-hydroxylation sites is 1. The van der Waals surface area contributed by atoms with E-state index in [1.807, 2.05) is 12.1 Å². The fraction of sp³-hybridized carbons (Fsp3) is 0.333. The first-order valence-corrected chi connectivity index (χ1v) is 7.83. The number of nitrogens with zero attached hydrogens (tertiary/aromatic N) is 1. The average molecular weight is 301 g/mol. The van der Waals surface area contributed by atoms with Crippen LogP contribution in [0.3, 0.4) is 0 Å². The molecule has 0 bridgehead atoms. The molecule has 3 heteroatoms. The second kappa shape index (κ2) is 6.08. The van der Waals surface area contributed by atoms with E-state index in [9.17, 15) is 0 Å². The lowest BCUT2D eigenvalue weighted by Gasteiger charge is -2.26. The van der Waals surface area contributed by atoms with E-state index in [1.165, 1.54) is 22.4 Å². The fourth-order valence-corrected chi connectivity index (χ4v) is 3.17. The van der Waals surface area contributed by atoms with Crippen molar-refractivity contribution in [3.8, 4) is 0 Å². The minimum Gasteiger partial charge on any atom is -0.384 e. The molecule has 0 aliphatic carbocycles. The van der Waals surface area contributed by atoms with Crippen molar-refractivity contribution in [1.82, 2.24) is 4.90 Å². The molecule has 1 unspecified atom stereocenters. The van der Waals surface area contributed by atoms with Gasteiger partial charge in [-0.05, 0) is 49.2 Å². The quantitative estimate of drug-likeness (QED) is 0.894. The predicted molar refractivity (Wildman–Crippen MR) is 90.0 cm³/mol. The van der Waals surface area contributed by atoms with Crippen LogP contribution in [0.1, 0.15) is 29.7 Å². The number of hydrogen-bond acceptors (Lipinski definition) is 2. The molecule has 0 aromatic heterocycles. The number of halogens is 1. The van der Waals surface area contributed by atoms with E-state index in [1.54, 1.807) is 0 Å². The molecule has 2 aromatic rings. The van der Waals surface area contributed by atoms with Gasteiger partial charge >= 0.3 is 0 Å². The van der Waals surface area contributed by atoms with Gasteiger partial charge in [-0.3, -0.25) is 4.90 Å². The van der Waals surface area contributed by atoms with Gasteiger partial charge in [0.2, 0.25) is 0 Å². The molecule has 1 atom stereocenters. The Labute approximate surface area is 131 Å². The first-order chi connectivity index (χ1) is 10.1. The predicted octanol–water partition coefficient (Wildman–Crippen LogP) is 4.50. The maximum absolute atomic E-state index is 6.10. The summed E-state index contributed by atoms with van der Waals surface area (Å²) in [5, 5.41) is 4.32. The lowest BCUT2D eigenvalue weighted by atomic mass is 10.0. The molecule has 2 aromatic carbocycles. The molecule has 0 spiro atoms. The van der Waals surface area contributed by atoms with Gasteiger partial charge in [0.15, 0.2) is 0 Å². The Bertz CT molecular complexity index is 639. The van der Waals surface area contributed by atoms with Gasteiger partial charge in [-0.2, -0.15) is 0 Å². The van der Waals surface area contributed by atoms with Gasteiger partial charge in [0, 0.05) is 29.8 Å². The molecular weight excluding hydrogens is 280 g/mol. The van der Waals surface area contributed by atoms with Crippen LogP contribution in [0.2, 0.25) is 5.02 Å². The molecular formula is C18H21ClN2. The summed E-state index contributed by atoms with van der Waals surface area (Å²) in [4.78, 5) is 2.36. The summed E-state index contributed by atoms with van der Waals surface area (Å²) in [6.07, 6.45) is 1.14. The molecule has 110 valence electrons. The minimum absolute atomic E-state index is 0.334. The monoisotopic (exact) mass is 300 g/mol. The van der Waals surface area contributed by atoms with Crippen LogP contribution < -0.4 is 5.32 Å². The molecule has 0 saturated heterocycles. The Morgan fingerprint density at radius 2 is 2.05 bits per heavy atom. The molecule has 2 nitrogen and oxygen atoms in total. The van der Waals surface area contributed by atoms with Crippen molar-refractivity contribution in [2.24, 2.45) is 0 Å². The summed E-state index contributed by atoms with van der Waals surface area (Å²) in [5.41, 5.74) is 5.41. The first-order valence-electron chi connectivity index (χ1n) is 7.45. The summed E-state index contributed by atoms with van der Waals surface area (Å²) in [6.45, 7) is 4.21. The van der Waals surface area contributed by atoms with Gasteiger partial charge in [0.1, 0.15) is 0 Å². The largest absolute Gasteiger partial charge is 0.384 e. The lowest BCUT2D eigenvalue weighted by molar-refractivity contribution is 0.253. The third-order valence-electron chi connectivity index (χ3n) is 4.35. The number of anilines is 1. The number of hydrogen-bond donors (Lipinski definition) is 1. The molecule has 1 heterocycles. The van der Waals surface area contributed by atoms with E-state index in [-0.39, 0.29) is 0 Å². The molecule has 1 aliphatic heterocycles. The zero-order valence-corrected chi connectivity index (χ0v) is 13.3. The summed E-state index contributed by atoms with van der Waals surface area (Å²) < 4.78 is 0. The molecule has 0 radical (unpaired) electrons. The second-order valence-electron chi connectivity index (χ2n) is 5.77. The topological polar surface area (TPSA) is 15.3 Å². The highest BCUT2D eigenvalue weighted by Crippen LogP contribution is 2.29. The summed E-state index contributed by atoms with van der Waals surface area (Å²) in [5.74, 6) is 0. The van der Waals surface area contributed by atoms with Gasteiger partial charge in [-0.1, -0.05) is 41.9 Å². The van der Waals surface area contributed by atoms with Gasteiger partial charge < -0.3 is 5.32 Å². The van der Waals surface area contributed by atoms with Crippen molar-refractivity contribution in [2.75, 3.05) is 18.9 Å². The molecule has 0 saturated carbocycles. The van der Waals surface area contributed by atoms with Crippen LogP contribution in [0.15, 0.2) is 42.5 Å². The van der Waals surface area contributed by atoms with Gasteiger partial charge in [0.05, 0.1) is 0 Å². The zero-order chi connectivity index (χ0) is 14.8. The van der Waals surface area contributed by atoms with Crippen LogP contribution in [0.25, 0.3) is 0 Å². The van der Waals surface area contributed by atoms with Crippen LogP contribution >= 0.6 is 11.6 Å². The third kappa shape index (κ3) is 3.07. The van der Waals surface area contributed by atoms with E-state index >= 15 is 0 Å². The van der Waals surface area contributed by atoms with Gasteiger partial charge in [-0.15, -0.1) is 0 Å². The van der Waals surface area contributed by atoms with Crippen LogP contribution in [-0.2, 0) is 13.0 Å². The Hall–Kier alpha value is -1.51. The standard InChI is InChI=1S/C18H21ClN2/c1-13(15-6-4-8-17(19)11-15)21(2)12-16-7-3-5-14-9-10-20-18(14)16/h3-8,11,13,20H,9-10,12H2,1-2H3. The van der Waals surface area contributed by atoms with Crippen molar-refractivity contribution >= 4 is 17.3 Å². The average Bonchev–Trinajstić information content (AvgIpc) is 2.96. The van der Waals surface area contributed by atoms with Gasteiger partial charge in [-0.25, -0.2) is 0 Å². The van der Waals surface area contributed by atoms with Crippen LogP contribution in [0, 0.1) is 0 Å². The number of benzene rings is 2. The van der Waals surface area contributed by atoms with E-state index in [0.29, 0.717) is 6.04 Å². The summed E-state index contributed by atoms with van der Waals surface area (Å²) in [6, 6.07) is 15.1. The SMILES string of the molecule is CC(c1cccc(Cl)c1)N(C)Cc1cccc2c1NCC2. The second-order valence-corrected chi connectivity index (χ2v) is 6.21. The van der Waals surface area contributed by atoms with Gasteiger partial charge in [0.25, 0.3) is 0 Å². The van der Waals surface area contributed by atoms with Crippen molar-refractivity contribution in [1.29, 1.82) is 0 Å². The number of rotatable bonds is 4.